The number of likely N-dealkylation sites (N-methyl/N-ethyl adjacent to an activating group) is 1. The van der Waals surface area contributed by atoms with Crippen molar-refractivity contribution in [3.05, 3.63) is 60.8 Å². The molecule has 0 aromatic heterocycles. The van der Waals surface area contributed by atoms with E-state index in [1.54, 1.807) is 21.1 Å². The summed E-state index contributed by atoms with van der Waals surface area (Å²) >= 11 is 0. The number of aliphatic carboxylic acids is 1. The number of quaternary nitrogens is 1. The molecule has 0 N–H and O–H groups in total. The number of hydrogen-bond acceptors (Lipinski definition) is 7. The van der Waals surface area contributed by atoms with Gasteiger partial charge in [0.05, 0.1) is 40.3 Å². The fourth-order valence-corrected chi connectivity index (χ4v) is 6.92. The van der Waals surface area contributed by atoms with Gasteiger partial charge in [0.25, 0.3) is 0 Å². The molecule has 0 rings (SSSR count). The highest BCUT2D eigenvalue weighted by molar-refractivity contribution is 5.70. The van der Waals surface area contributed by atoms with Gasteiger partial charge in [0, 0.05) is 19.3 Å². The first-order chi connectivity index (χ1) is 29.1. The van der Waals surface area contributed by atoms with Crippen molar-refractivity contribution in [3.63, 3.8) is 0 Å². The van der Waals surface area contributed by atoms with Crippen LogP contribution in [0.5, 0.6) is 0 Å². The molecule has 0 aliphatic heterocycles. The van der Waals surface area contributed by atoms with Crippen LogP contribution in [0.3, 0.4) is 0 Å². The van der Waals surface area contributed by atoms with Gasteiger partial charge in [-0.1, -0.05) is 184 Å². The van der Waals surface area contributed by atoms with E-state index in [2.05, 4.69) is 74.6 Å². The summed E-state index contributed by atoms with van der Waals surface area (Å²) in [5, 5.41) is 11.6. The lowest BCUT2D eigenvalue weighted by atomic mass is 10.0. The highest BCUT2D eigenvalue weighted by Crippen LogP contribution is 2.15. The first kappa shape index (κ1) is 57.0. The zero-order valence-corrected chi connectivity index (χ0v) is 39.4. The molecule has 0 aromatic rings. The number of carbonyl (C=O) groups excluding carboxylic acids is 3. The third kappa shape index (κ3) is 40.4. The molecule has 60 heavy (non-hydrogen) atoms. The Hall–Kier alpha value is -2.97. The van der Waals surface area contributed by atoms with Crippen molar-refractivity contribution in [2.45, 2.75) is 212 Å². The lowest BCUT2D eigenvalue weighted by molar-refractivity contribution is -0.889. The fourth-order valence-electron chi connectivity index (χ4n) is 6.92. The highest BCUT2D eigenvalue weighted by Gasteiger charge is 2.25. The van der Waals surface area contributed by atoms with Gasteiger partial charge in [-0.05, 0) is 57.8 Å². The zero-order valence-electron chi connectivity index (χ0n) is 39.4. The minimum atomic E-state index is -1.13. The van der Waals surface area contributed by atoms with E-state index < -0.39 is 18.1 Å². The van der Waals surface area contributed by atoms with E-state index in [9.17, 15) is 19.5 Å². The molecule has 0 spiro atoms. The average molecular weight is 842 g/mol. The van der Waals surface area contributed by atoms with Crippen molar-refractivity contribution in [3.8, 4) is 0 Å². The monoisotopic (exact) mass is 842 g/mol. The maximum absolute atomic E-state index is 12.8. The van der Waals surface area contributed by atoms with Gasteiger partial charge in [-0.15, -0.1) is 0 Å². The van der Waals surface area contributed by atoms with Crippen LogP contribution in [-0.2, 0) is 28.6 Å². The van der Waals surface area contributed by atoms with E-state index in [4.69, 9.17) is 14.2 Å². The van der Waals surface area contributed by atoms with Gasteiger partial charge in [-0.3, -0.25) is 9.59 Å². The number of unbranched alkanes of at least 4 members (excludes halogenated alkanes) is 19. The number of esters is 2. The normalized spacial score (nSPS) is 13.4. The molecule has 346 valence electrons. The molecule has 0 aromatic carbocycles. The summed E-state index contributed by atoms with van der Waals surface area (Å²) < 4.78 is 17.2. The third-order valence-corrected chi connectivity index (χ3v) is 10.7. The van der Waals surface area contributed by atoms with Crippen LogP contribution in [0.2, 0.25) is 0 Å². The molecule has 0 aliphatic carbocycles. The SMILES string of the molecule is CC/C=C/C/C=C/C/C=C/C/C=C/C/C=C/CCCCCCC(=O)OC(COCCC(C(=O)[O-])[N+](C)(C)C)COC(=O)CCCCCCCCCCCCCCCCCC. The lowest BCUT2D eigenvalue weighted by Crippen LogP contribution is -2.55. The third-order valence-electron chi connectivity index (χ3n) is 10.7. The molecule has 0 amide bonds. The standard InChI is InChI=1S/C52H91NO7/c1-6-8-10-12-14-16-18-20-22-24-25-26-27-29-31-33-35-37-39-41-43-51(55)60-48(46-58-45-44-49(52(56)57)53(3,4)5)47-59-50(54)42-40-38-36-34-32-30-28-23-21-19-17-15-13-11-9-7-2/h8,10,14,16,20,22,25-26,29,31,48-49H,6-7,9,11-13,15,17-19,21,23-24,27-28,30,32-47H2,1-5H3/b10-8+,16-14+,22-20+,26-25+,31-29+. The van der Waals surface area contributed by atoms with E-state index in [0.717, 1.165) is 83.5 Å². The minimum Gasteiger partial charge on any atom is -0.544 e. The molecule has 0 saturated carbocycles. The number of carbonyl (C=O) groups is 3. The Bertz CT molecular complexity index is 1170. The number of ether oxygens (including phenoxy) is 3. The van der Waals surface area contributed by atoms with E-state index in [1.165, 1.54) is 83.5 Å². The maximum Gasteiger partial charge on any atom is 0.306 e. The number of hydrogen-bond donors (Lipinski definition) is 0. The molecule has 0 bridgehead atoms. The van der Waals surface area contributed by atoms with Crippen molar-refractivity contribution < 1.29 is 38.2 Å². The van der Waals surface area contributed by atoms with Gasteiger partial charge in [0.15, 0.2) is 6.10 Å². The molecule has 0 heterocycles. The van der Waals surface area contributed by atoms with Crippen LogP contribution in [-0.4, -0.2) is 75.5 Å². The van der Waals surface area contributed by atoms with Gasteiger partial charge >= 0.3 is 11.9 Å². The Labute approximate surface area is 368 Å². The zero-order chi connectivity index (χ0) is 44.2. The average Bonchev–Trinajstić information content (AvgIpc) is 3.21. The molecule has 2 unspecified atom stereocenters. The second-order valence-corrected chi connectivity index (χ2v) is 17.3. The highest BCUT2D eigenvalue weighted by atomic mass is 16.6. The molecule has 0 saturated heterocycles. The van der Waals surface area contributed by atoms with Gasteiger partial charge < -0.3 is 28.6 Å². The lowest BCUT2D eigenvalue weighted by Gasteiger charge is -2.34. The Morgan fingerprint density at radius 1 is 0.517 bits per heavy atom. The molecule has 8 heteroatoms. The predicted octanol–water partition coefficient (Wildman–Crippen LogP) is 12.4. The van der Waals surface area contributed by atoms with Crippen LogP contribution < -0.4 is 5.11 Å². The molecule has 0 radical (unpaired) electrons. The molecular formula is C52H91NO7. The van der Waals surface area contributed by atoms with E-state index >= 15 is 0 Å². The number of carboxylic acid groups (broad SMARTS) is 1. The summed E-state index contributed by atoms with van der Waals surface area (Å²) in [5.41, 5.74) is 0. The number of allylic oxidation sites excluding steroid dienone is 10. The van der Waals surface area contributed by atoms with Crippen LogP contribution >= 0.6 is 0 Å². The van der Waals surface area contributed by atoms with Gasteiger partial charge in [-0.25, -0.2) is 0 Å². The molecule has 0 fully saturated rings. The number of carboxylic acids is 1. The number of rotatable bonds is 43. The molecule has 0 aliphatic rings. The van der Waals surface area contributed by atoms with Crippen LogP contribution in [0.1, 0.15) is 200 Å². The van der Waals surface area contributed by atoms with Crippen LogP contribution in [0, 0.1) is 0 Å². The topological polar surface area (TPSA) is 102 Å². The minimum absolute atomic E-state index is 0.0300. The summed E-state index contributed by atoms with van der Waals surface area (Å²) in [4.78, 5) is 37.0. The summed E-state index contributed by atoms with van der Waals surface area (Å²) in [6.45, 7) is 4.53. The van der Waals surface area contributed by atoms with Gasteiger partial charge in [-0.2, -0.15) is 0 Å². The second-order valence-electron chi connectivity index (χ2n) is 17.3. The maximum atomic E-state index is 12.8. The first-order valence-electron chi connectivity index (χ1n) is 24.3. The van der Waals surface area contributed by atoms with Crippen molar-refractivity contribution in [1.82, 2.24) is 0 Å². The summed E-state index contributed by atoms with van der Waals surface area (Å²) in [5.74, 6) is -1.76. The molecule has 2 atom stereocenters. The molecule has 8 nitrogen and oxygen atoms in total. The van der Waals surface area contributed by atoms with Crippen LogP contribution in [0.25, 0.3) is 0 Å². The van der Waals surface area contributed by atoms with E-state index in [-0.39, 0.29) is 42.7 Å². The Balaban J connectivity index is 4.34. The van der Waals surface area contributed by atoms with Crippen molar-refractivity contribution in [2.75, 3.05) is 41.0 Å². The summed E-state index contributed by atoms with van der Waals surface area (Å²) in [6, 6.07) is -0.732. The summed E-state index contributed by atoms with van der Waals surface area (Å²) in [6.07, 6.45) is 52.4. The fraction of sp³-hybridized carbons (Fsp3) is 0.750. The first-order valence-corrected chi connectivity index (χ1v) is 24.3. The second kappa shape index (κ2) is 42.7. The Morgan fingerprint density at radius 3 is 1.38 bits per heavy atom. The van der Waals surface area contributed by atoms with E-state index in [0.29, 0.717) is 12.8 Å². The van der Waals surface area contributed by atoms with Crippen molar-refractivity contribution in [1.29, 1.82) is 0 Å². The Kier molecular flexibility index (Phi) is 40.6. The van der Waals surface area contributed by atoms with Crippen LogP contribution in [0.15, 0.2) is 60.8 Å². The van der Waals surface area contributed by atoms with E-state index in [1.807, 2.05) is 0 Å². The largest absolute Gasteiger partial charge is 0.544 e. The number of nitrogens with zero attached hydrogens (tertiary/aromatic N) is 1. The quantitative estimate of drug-likeness (QED) is 0.0261. The smallest absolute Gasteiger partial charge is 0.306 e. The van der Waals surface area contributed by atoms with Crippen molar-refractivity contribution in [2.24, 2.45) is 0 Å². The van der Waals surface area contributed by atoms with Gasteiger partial charge in [0.2, 0.25) is 0 Å². The molecular weight excluding hydrogens is 751 g/mol. The predicted molar refractivity (Wildman–Crippen MR) is 249 cm³/mol. The van der Waals surface area contributed by atoms with Gasteiger partial charge in [0.1, 0.15) is 12.6 Å². The summed E-state index contributed by atoms with van der Waals surface area (Å²) in [7, 11) is 5.40. The van der Waals surface area contributed by atoms with Crippen molar-refractivity contribution >= 4 is 17.9 Å². The Morgan fingerprint density at radius 2 is 0.933 bits per heavy atom. The van der Waals surface area contributed by atoms with Crippen LogP contribution in [0.4, 0.5) is 0 Å².